The van der Waals surface area contributed by atoms with E-state index in [1.807, 2.05) is 6.26 Å². The van der Waals surface area contributed by atoms with E-state index >= 15 is 0 Å². The summed E-state index contributed by atoms with van der Waals surface area (Å²) in [6.45, 7) is 3.28. The van der Waals surface area contributed by atoms with Gasteiger partial charge in [0, 0.05) is 18.3 Å². The van der Waals surface area contributed by atoms with Gasteiger partial charge in [-0.05, 0) is 12.7 Å². The van der Waals surface area contributed by atoms with Crippen LogP contribution in [0.15, 0.2) is 0 Å². The molecule has 1 saturated heterocycles. The number of nitrogens with one attached hydrogen (secondary N) is 2. The molecule has 1 heterocycles. The Labute approximate surface area is 88.8 Å². The van der Waals surface area contributed by atoms with E-state index < -0.39 is 0 Å². The molecule has 1 fully saturated rings. The molecule has 4 nitrogen and oxygen atoms in total. The van der Waals surface area contributed by atoms with Crippen molar-refractivity contribution in [2.24, 2.45) is 0 Å². The Balaban J connectivity index is 2.22. The van der Waals surface area contributed by atoms with E-state index in [0.717, 1.165) is 0 Å². The fourth-order valence-electron chi connectivity index (χ4n) is 1.37. The highest BCUT2D eigenvalue weighted by Gasteiger charge is 2.27. The highest BCUT2D eigenvalue weighted by atomic mass is 32.2. The van der Waals surface area contributed by atoms with E-state index in [2.05, 4.69) is 17.6 Å². The number of β-amino-alcohol motifs (C(OH)–C–C–N with tert-alkyl or cyclic N) is 1. The van der Waals surface area contributed by atoms with Crippen LogP contribution in [0.1, 0.15) is 13.3 Å². The lowest BCUT2D eigenvalue weighted by atomic mass is 10.2. The Bertz CT molecular complexity index is 201. The molecule has 1 aliphatic heterocycles. The summed E-state index contributed by atoms with van der Waals surface area (Å²) in [6, 6.07) is -0.209. The zero-order valence-corrected chi connectivity index (χ0v) is 9.43. The minimum atomic E-state index is -0.372. The number of carbonyl (C=O) groups excluding carboxylic acids is 1. The molecule has 1 rings (SSSR count). The normalized spacial score (nSPS) is 28.8. The summed E-state index contributed by atoms with van der Waals surface area (Å²) in [5.41, 5.74) is 0. The van der Waals surface area contributed by atoms with Gasteiger partial charge in [-0.25, -0.2) is 0 Å². The zero-order valence-electron chi connectivity index (χ0n) is 8.62. The van der Waals surface area contributed by atoms with E-state index in [9.17, 15) is 9.90 Å². The minimum Gasteiger partial charge on any atom is -0.392 e. The maximum atomic E-state index is 11.5. The highest BCUT2D eigenvalue weighted by Crippen LogP contribution is 2.07. The second-order valence-corrected chi connectivity index (χ2v) is 4.92. The van der Waals surface area contributed by atoms with E-state index in [4.69, 9.17) is 0 Å². The SMILES string of the molecule is CSC(C)CNC(=O)[C@H]1C[C@@H](O)CN1. The first-order valence-electron chi connectivity index (χ1n) is 4.85. The average Bonchev–Trinajstić information content (AvgIpc) is 2.60. The van der Waals surface area contributed by atoms with Gasteiger partial charge >= 0.3 is 0 Å². The van der Waals surface area contributed by atoms with Crippen molar-refractivity contribution in [3.05, 3.63) is 0 Å². The minimum absolute atomic E-state index is 0.00227. The molecule has 0 spiro atoms. The number of thioether (sulfide) groups is 1. The van der Waals surface area contributed by atoms with Crippen molar-refractivity contribution in [2.75, 3.05) is 19.3 Å². The average molecular weight is 218 g/mol. The molecule has 0 aliphatic carbocycles. The second kappa shape index (κ2) is 5.58. The zero-order chi connectivity index (χ0) is 10.6. The van der Waals surface area contributed by atoms with Crippen molar-refractivity contribution in [1.82, 2.24) is 10.6 Å². The van der Waals surface area contributed by atoms with Crippen LogP contribution in [0.3, 0.4) is 0 Å². The third kappa shape index (κ3) is 3.48. The summed E-state index contributed by atoms with van der Waals surface area (Å²) in [4.78, 5) is 11.5. The van der Waals surface area contributed by atoms with Gasteiger partial charge in [-0.1, -0.05) is 6.92 Å². The maximum absolute atomic E-state index is 11.5. The molecule has 0 saturated carbocycles. The van der Waals surface area contributed by atoms with Crippen molar-refractivity contribution in [3.63, 3.8) is 0 Å². The lowest BCUT2D eigenvalue weighted by molar-refractivity contribution is -0.122. The van der Waals surface area contributed by atoms with Crippen LogP contribution in [0.4, 0.5) is 0 Å². The fourth-order valence-corrected chi connectivity index (χ4v) is 1.62. The predicted octanol–water partition coefficient (Wildman–Crippen LogP) is -0.423. The number of carbonyl (C=O) groups is 1. The molecular formula is C9H18N2O2S. The maximum Gasteiger partial charge on any atom is 0.237 e. The topological polar surface area (TPSA) is 61.4 Å². The van der Waals surface area contributed by atoms with Crippen LogP contribution in [-0.4, -0.2) is 47.8 Å². The van der Waals surface area contributed by atoms with Crippen molar-refractivity contribution < 1.29 is 9.90 Å². The summed E-state index contributed by atoms with van der Waals surface area (Å²) in [5, 5.41) is 15.5. The van der Waals surface area contributed by atoms with Crippen LogP contribution < -0.4 is 10.6 Å². The Morgan fingerprint density at radius 1 is 1.79 bits per heavy atom. The van der Waals surface area contributed by atoms with Gasteiger partial charge in [0.15, 0.2) is 0 Å². The number of hydrogen-bond donors (Lipinski definition) is 3. The number of aliphatic hydroxyl groups is 1. The van der Waals surface area contributed by atoms with Gasteiger partial charge in [-0.15, -0.1) is 0 Å². The van der Waals surface area contributed by atoms with Crippen LogP contribution in [0.2, 0.25) is 0 Å². The predicted molar refractivity (Wildman–Crippen MR) is 58.4 cm³/mol. The summed E-state index contributed by atoms with van der Waals surface area (Å²) in [5.74, 6) is 0.00227. The van der Waals surface area contributed by atoms with Gasteiger partial charge in [0.05, 0.1) is 12.1 Å². The Hall–Kier alpha value is -0.260. The first-order valence-corrected chi connectivity index (χ1v) is 6.14. The van der Waals surface area contributed by atoms with Crippen LogP contribution in [0.25, 0.3) is 0 Å². The van der Waals surface area contributed by atoms with Crippen LogP contribution in [0, 0.1) is 0 Å². The number of hydrogen-bond acceptors (Lipinski definition) is 4. The van der Waals surface area contributed by atoms with Crippen molar-refractivity contribution in [2.45, 2.75) is 30.7 Å². The summed E-state index contributed by atoms with van der Waals surface area (Å²) in [6.07, 6.45) is 2.18. The summed E-state index contributed by atoms with van der Waals surface area (Å²) < 4.78 is 0. The molecule has 1 unspecified atom stereocenters. The first kappa shape index (κ1) is 11.8. The standard InChI is InChI=1S/C9H18N2O2S/c1-6(14-2)4-11-9(13)8-3-7(12)5-10-8/h6-8,10,12H,3-5H2,1-2H3,(H,11,13)/t6?,7-,8-/m1/s1. The molecule has 0 radical (unpaired) electrons. The number of rotatable bonds is 4. The fraction of sp³-hybridized carbons (Fsp3) is 0.889. The van der Waals surface area contributed by atoms with Gasteiger partial charge < -0.3 is 15.7 Å². The summed E-state index contributed by atoms with van der Waals surface area (Å²) >= 11 is 1.73. The molecule has 1 aliphatic rings. The Morgan fingerprint density at radius 2 is 2.50 bits per heavy atom. The third-order valence-electron chi connectivity index (χ3n) is 2.39. The molecule has 0 aromatic rings. The van der Waals surface area contributed by atoms with Crippen LogP contribution >= 0.6 is 11.8 Å². The van der Waals surface area contributed by atoms with E-state index in [0.29, 0.717) is 24.8 Å². The number of aliphatic hydroxyl groups excluding tert-OH is 1. The molecule has 3 atom stereocenters. The largest absolute Gasteiger partial charge is 0.392 e. The molecule has 0 bridgehead atoms. The van der Waals surface area contributed by atoms with Gasteiger partial charge in [-0.3, -0.25) is 4.79 Å². The van der Waals surface area contributed by atoms with Gasteiger partial charge in [-0.2, -0.15) is 11.8 Å². The quantitative estimate of drug-likeness (QED) is 0.599. The first-order chi connectivity index (χ1) is 6.63. The Kier molecular flexibility index (Phi) is 4.71. The van der Waals surface area contributed by atoms with Crippen molar-refractivity contribution >= 4 is 17.7 Å². The van der Waals surface area contributed by atoms with Crippen molar-refractivity contribution in [1.29, 1.82) is 0 Å². The molecule has 14 heavy (non-hydrogen) atoms. The van der Waals surface area contributed by atoms with Gasteiger partial charge in [0.25, 0.3) is 0 Å². The highest BCUT2D eigenvalue weighted by molar-refractivity contribution is 7.99. The smallest absolute Gasteiger partial charge is 0.237 e. The molecule has 5 heteroatoms. The van der Waals surface area contributed by atoms with E-state index in [-0.39, 0.29) is 18.1 Å². The van der Waals surface area contributed by atoms with Crippen molar-refractivity contribution in [3.8, 4) is 0 Å². The third-order valence-corrected chi connectivity index (χ3v) is 3.36. The monoisotopic (exact) mass is 218 g/mol. The lowest BCUT2D eigenvalue weighted by Crippen LogP contribution is -2.42. The molecular weight excluding hydrogens is 200 g/mol. The van der Waals surface area contributed by atoms with E-state index in [1.165, 1.54) is 0 Å². The molecule has 3 N–H and O–H groups in total. The number of amides is 1. The van der Waals surface area contributed by atoms with Crippen LogP contribution in [-0.2, 0) is 4.79 Å². The lowest BCUT2D eigenvalue weighted by Gasteiger charge is -2.13. The summed E-state index contributed by atoms with van der Waals surface area (Å²) in [7, 11) is 0. The van der Waals surface area contributed by atoms with Crippen LogP contribution in [0.5, 0.6) is 0 Å². The van der Waals surface area contributed by atoms with E-state index in [1.54, 1.807) is 11.8 Å². The Morgan fingerprint density at radius 3 is 3.00 bits per heavy atom. The second-order valence-electron chi connectivity index (χ2n) is 3.64. The van der Waals surface area contributed by atoms with Gasteiger partial charge in [0.1, 0.15) is 0 Å². The molecule has 82 valence electrons. The molecule has 0 aromatic heterocycles. The molecule has 0 aromatic carbocycles. The van der Waals surface area contributed by atoms with Gasteiger partial charge in [0.2, 0.25) is 5.91 Å². The molecule has 1 amide bonds.